The first-order valence-corrected chi connectivity index (χ1v) is 8.43. The molecule has 3 N–H and O–H groups in total. The highest BCUT2D eigenvalue weighted by atomic mass is 16.1. The minimum Gasteiger partial charge on any atom is -0.356 e. The van der Waals surface area contributed by atoms with Crippen LogP contribution in [0.5, 0.6) is 0 Å². The van der Waals surface area contributed by atoms with Crippen LogP contribution in [0.2, 0.25) is 0 Å². The van der Waals surface area contributed by atoms with Gasteiger partial charge in [0.15, 0.2) is 5.96 Å². The van der Waals surface area contributed by atoms with E-state index in [2.05, 4.69) is 25.9 Å². The summed E-state index contributed by atoms with van der Waals surface area (Å²) in [5.74, 6) is 0.701. The minimum atomic E-state index is 0.0142. The average Bonchev–Trinajstić information content (AvgIpc) is 2.67. The van der Waals surface area contributed by atoms with E-state index in [-0.39, 0.29) is 5.91 Å². The third kappa shape index (κ3) is 7.48. The molecule has 0 aliphatic carbocycles. The van der Waals surface area contributed by atoms with Gasteiger partial charge in [0.1, 0.15) is 0 Å². The van der Waals surface area contributed by atoms with Crippen molar-refractivity contribution < 1.29 is 4.79 Å². The van der Waals surface area contributed by atoms with Gasteiger partial charge < -0.3 is 16.0 Å². The Morgan fingerprint density at radius 3 is 2.48 bits per heavy atom. The third-order valence-corrected chi connectivity index (χ3v) is 3.60. The molecule has 6 heteroatoms. The molecule has 1 amide bonds. The molecule has 0 bridgehead atoms. The lowest BCUT2D eigenvalue weighted by Crippen LogP contribution is -2.40. The second-order valence-corrected chi connectivity index (χ2v) is 5.51. The van der Waals surface area contributed by atoms with E-state index < -0.39 is 0 Å². The van der Waals surface area contributed by atoms with Gasteiger partial charge in [0.2, 0.25) is 5.91 Å². The number of rotatable bonds is 8. The number of carbonyl (C=O) groups is 1. The number of carbonyl (C=O) groups excluding carboxylic acids is 1. The number of hydrogen-bond donors (Lipinski definition) is 3. The van der Waals surface area contributed by atoms with Gasteiger partial charge in [0.05, 0.1) is 0 Å². The molecular formula is C19H25N5O. The number of hydrogen-bond acceptors (Lipinski definition) is 3. The van der Waals surface area contributed by atoms with Gasteiger partial charge in [-0.1, -0.05) is 36.4 Å². The van der Waals surface area contributed by atoms with Crippen LogP contribution in [0.15, 0.2) is 59.7 Å². The van der Waals surface area contributed by atoms with Crippen LogP contribution in [-0.4, -0.2) is 37.0 Å². The van der Waals surface area contributed by atoms with Gasteiger partial charge in [-0.3, -0.25) is 14.8 Å². The topological polar surface area (TPSA) is 78.4 Å². The van der Waals surface area contributed by atoms with Gasteiger partial charge in [0, 0.05) is 51.4 Å². The van der Waals surface area contributed by atoms with Crippen LogP contribution >= 0.6 is 0 Å². The Hall–Kier alpha value is -2.89. The number of aliphatic imine (C=N–C) groups is 1. The molecule has 1 aromatic carbocycles. The normalized spacial score (nSPS) is 11.0. The van der Waals surface area contributed by atoms with Gasteiger partial charge in [-0.05, 0) is 17.7 Å². The number of pyridine rings is 1. The highest BCUT2D eigenvalue weighted by Crippen LogP contribution is 1.97. The molecule has 2 aromatic rings. The fourth-order valence-electron chi connectivity index (χ4n) is 2.25. The molecule has 0 radical (unpaired) electrons. The van der Waals surface area contributed by atoms with Crippen molar-refractivity contribution >= 4 is 11.9 Å². The fraction of sp³-hybridized carbons (Fsp3) is 0.316. The van der Waals surface area contributed by atoms with Crippen LogP contribution in [0.25, 0.3) is 0 Å². The largest absolute Gasteiger partial charge is 0.356 e. The predicted molar refractivity (Wildman–Crippen MR) is 100 cm³/mol. The number of amides is 1. The fourth-order valence-corrected chi connectivity index (χ4v) is 2.25. The van der Waals surface area contributed by atoms with E-state index in [1.165, 1.54) is 0 Å². The molecule has 25 heavy (non-hydrogen) atoms. The van der Waals surface area contributed by atoms with Gasteiger partial charge >= 0.3 is 0 Å². The monoisotopic (exact) mass is 339 g/mol. The van der Waals surface area contributed by atoms with Crippen molar-refractivity contribution in [3.8, 4) is 0 Å². The van der Waals surface area contributed by atoms with Crippen LogP contribution in [-0.2, 0) is 17.8 Å². The zero-order valence-corrected chi connectivity index (χ0v) is 14.5. The quantitative estimate of drug-likeness (QED) is 0.503. The zero-order valence-electron chi connectivity index (χ0n) is 14.5. The van der Waals surface area contributed by atoms with Crippen molar-refractivity contribution in [3.63, 3.8) is 0 Å². The Morgan fingerprint density at radius 2 is 1.76 bits per heavy atom. The number of aromatic nitrogens is 1. The van der Waals surface area contributed by atoms with E-state index in [9.17, 15) is 4.79 Å². The molecule has 0 atom stereocenters. The molecule has 1 heterocycles. The Labute approximate surface area is 148 Å². The molecule has 6 nitrogen and oxygen atoms in total. The Bertz CT molecular complexity index is 658. The summed E-state index contributed by atoms with van der Waals surface area (Å²) in [5.41, 5.74) is 2.13. The maximum atomic E-state index is 11.9. The molecule has 132 valence electrons. The van der Waals surface area contributed by atoms with Gasteiger partial charge in [-0.15, -0.1) is 0 Å². The van der Waals surface area contributed by atoms with Crippen molar-refractivity contribution in [2.45, 2.75) is 19.4 Å². The molecule has 0 spiro atoms. The molecular weight excluding hydrogens is 314 g/mol. The molecule has 0 unspecified atom stereocenters. The van der Waals surface area contributed by atoms with Gasteiger partial charge in [0.25, 0.3) is 0 Å². The summed E-state index contributed by atoms with van der Waals surface area (Å²) < 4.78 is 0. The summed E-state index contributed by atoms with van der Waals surface area (Å²) in [6.45, 7) is 1.82. The third-order valence-electron chi connectivity index (χ3n) is 3.60. The Balaban J connectivity index is 1.59. The number of nitrogens with zero attached hydrogens (tertiary/aromatic N) is 2. The van der Waals surface area contributed by atoms with Crippen LogP contribution in [0.3, 0.4) is 0 Å². The first-order valence-electron chi connectivity index (χ1n) is 8.43. The van der Waals surface area contributed by atoms with E-state index in [0.717, 1.165) is 24.2 Å². The molecule has 0 aliphatic rings. The van der Waals surface area contributed by atoms with Gasteiger partial charge in [-0.2, -0.15) is 0 Å². The standard InChI is InChI=1S/C19H25N5O/c1-20-19(22-13-10-17-9-5-6-12-21-17)23-14-11-18(25)24-15-16-7-3-2-4-8-16/h2-9,12H,10-11,13-15H2,1H3,(H,24,25)(H2,20,22,23). The molecule has 0 aliphatic heterocycles. The molecule has 1 aromatic heterocycles. The highest BCUT2D eigenvalue weighted by molar-refractivity contribution is 5.81. The predicted octanol–water partition coefficient (Wildman–Crippen LogP) is 1.50. The van der Waals surface area contributed by atoms with Crippen LogP contribution in [0.1, 0.15) is 17.7 Å². The number of guanidine groups is 1. The number of nitrogens with one attached hydrogen (secondary N) is 3. The highest BCUT2D eigenvalue weighted by Gasteiger charge is 2.03. The lowest BCUT2D eigenvalue weighted by molar-refractivity contribution is -0.121. The van der Waals surface area contributed by atoms with E-state index >= 15 is 0 Å². The van der Waals surface area contributed by atoms with Crippen LogP contribution in [0.4, 0.5) is 0 Å². The number of benzene rings is 1. The second-order valence-electron chi connectivity index (χ2n) is 5.51. The molecule has 2 rings (SSSR count). The average molecular weight is 339 g/mol. The SMILES string of the molecule is CN=C(NCCC(=O)NCc1ccccc1)NCCc1ccccn1. The first-order chi connectivity index (χ1) is 12.3. The summed E-state index contributed by atoms with van der Waals surface area (Å²) in [7, 11) is 1.71. The van der Waals surface area contributed by atoms with Crippen molar-refractivity contribution in [3.05, 3.63) is 66.0 Å². The lowest BCUT2D eigenvalue weighted by atomic mass is 10.2. The first kappa shape index (κ1) is 18.4. The summed E-state index contributed by atoms with van der Waals surface area (Å²) in [6.07, 6.45) is 3.00. The van der Waals surface area contributed by atoms with E-state index in [0.29, 0.717) is 25.5 Å². The summed E-state index contributed by atoms with van der Waals surface area (Å²) in [4.78, 5) is 20.3. The van der Waals surface area contributed by atoms with E-state index in [1.54, 1.807) is 13.2 Å². The van der Waals surface area contributed by atoms with E-state index in [4.69, 9.17) is 0 Å². The maximum absolute atomic E-state index is 11.9. The maximum Gasteiger partial charge on any atom is 0.222 e. The van der Waals surface area contributed by atoms with Crippen molar-refractivity contribution in [1.82, 2.24) is 20.9 Å². The van der Waals surface area contributed by atoms with Crippen molar-refractivity contribution in [1.29, 1.82) is 0 Å². The van der Waals surface area contributed by atoms with Gasteiger partial charge in [-0.25, -0.2) is 0 Å². The Morgan fingerprint density at radius 1 is 1.00 bits per heavy atom. The molecule has 0 saturated carbocycles. The van der Waals surface area contributed by atoms with Crippen LogP contribution < -0.4 is 16.0 Å². The summed E-state index contributed by atoms with van der Waals surface area (Å²) >= 11 is 0. The molecule has 0 saturated heterocycles. The zero-order chi connectivity index (χ0) is 17.7. The second kappa shape index (κ2) is 10.8. The molecule has 0 fully saturated rings. The smallest absolute Gasteiger partial charge is 0.222 e. The Kier molecular flexibility index (Phi) is 7.97. The summed E-state index contributed by atoms with van der Waals surface area (Å²) in [6, 6.07) is 15.7. The van der Waals surface area contributed by atoms with Crippen molar-refractivity contribution in [2.75, 3.05) is 20.1 Å². The summed E-state index contributed by atoms with van der Waals surface area (Å²) in [5, 5.41) is 9.27. The van der Waals surface area contributed by atoms with Crippen molar-refractivity contribution in [2.24, 2.45) is 4.99 Å². The minimum absolute atomic E-state index is 0.0142. The van der Waals surface area contributed by atoms with E-state index in [1.807, 2.05) is 48.5 Å². The van der Waals surface area contributed by atoms with Crippen LogP contribution in [0, 0.1) is 0 Å². The lowest BCUT2D eigenvalue weighted by Gasteiger charge is -2.11.